The summed E-state index contributed by atoms with van der Waals surface area (Å²) in [5, 5.41) is 9.17. The summed E-state index contributed by atoms with van der Waals surface area (Å²) >= 11 is 0. The number of aliphatic hydroxyl groups is 1. The van der Waals surface area contributed by atoms with Crippen molar-refractivity contribution in [1.29, 1.82) is 0 Å². The second-order valence-electron chi connectivity index (χ2n) is 4.51. The zero-order chi connectivity index (χ0) is 13.3. The molecule has 1 aliphatic rings. The highest BCUT2D eigenvalue weighted by molar-refractivity contribution is 7.89. The lowest BCUT2D eigenvalue weighted by molar-refractivity contribution is 0.213. The molecule has 1 aromatic carbocycles. The van der Waals surface area contributed by atoms with E-state index >= 15 is 0 Å². The minimum atomic E-state index is -3.71. The van der Waals surface area contributed by atoms with Gasteiger partial charge in [0.2, 0.25) is 10.0 Å². The molecule has 18 heavy (non-hydrogen) atoms. The van der Waals surface area contributed by atoms with E-state index in [1.165, 1.54) is 16.4 Å². The Morgan fingerprint density at radius 3 is 2.83 bits per heavy atom. The summed E-state index contributed by atoms with van der Waals surface area (Å²) in [5.41, 5.74) is 0.411. The maximum atomic E-state index is 13.4. The molecule has 2 rings (SSSR count). The average molecular weight is 273 g/mol. The van der Waals surface area contributed by atoms with Crippen LogP contribution in [-0.2, 0) is 10.0 Å². The molecule has 0 aliphatic carbocycles. The molecule has 6 heteroatoms. The summed E-state index contributed by atoms with van der Waals surface area (Å²) in [5.74, 6) is -0.532. The Bertz CT molecular complexity index is 544. The van der Waals surface area contributed by atoms with Crippen molar-refractivity contribution >= 4 is 10.0 Å². The van der Waals surface area contributed by atoms with Gasteiger partial charge in [-0.3, -0.25) is 0 Å². The highest BCUT2D eigenvalue weighted by atomic mass is 32.2. The summed E-state index contributed by atoms with van der Waals surface area (Å²) in [6, 6.07) is 3.50. The van der Waals surface area contributed by atoms with Crippen molar-refractivity contribution in [3.8, 4) is 0 Å². The van der Waals surface area contributed by atoms with Crippen molar-refractivity contribution in [2.24, 2.45) is 0 Å². The predicted octanol–water partition coefficient (Wildman–Crippen LogP) is 1.28. The van der Waals surface area contributed by atoms with Crippen LogP contribution >= 0.6 is 0 Å². The van der Waals surface area contributed by atoms with Crippen LogP contribution in [0.1, 0.15) is 18.4 Å². The van der Waals surface area contributed by atoms with Gasteiger partial charge in [0.05, 0.1) is 11.5 Å². The van der Waals surface area contributed by atoms with Crippen LogP contribution in [0.25, 0.3) is 0 Å². The van der Waals surface area contributed by atoms with Crippen molar-refractivity contribution in [1.82, 2.24) is 4.31 Å². The molecule has 1 heterocycles. The lowest BCUT2D eigenvalue weighted by Gasteiger charge is -2.22. The summed E-state index contributed by atoms with van der Waals surface area (Å²) < 4.78 is 39.3. The van der Waals surface area contributed by atoms with E-state index in [1.807, 2.05) is 0 Å². The quantitative estimate of drug-likeness (QED) is 0.902. The topological polar surface area (TPSA) is 57.6 Å². The van der Waals surface area contributed by atoms with E-state index in [1.54, 1.807) is 6.92 Å². The van der Waals surface area contributed by atoms with E-state index in [-0.39, 0.29) is 17.5 Å². The van der Waals surface area contributed by atoms with E-state index in [2.05, 4.69) is 0 Å². The SMILES string of the molecule is Cc1ccc(S(=O)(=O)N2CCCC2CO)cc1F. The monoisotopic (exact) mass is 273 g/mol. The van der Waals surface area contributed by atoms with Gasteiger partial charge in [-0.2, -0.15) is 4.31 Å². The van der Waals surface area contributed by atoms with E-state index in [0.29, 0.717) is 18.5 Å². The molecule has 0 amide bonds. The van der Waals surface area contributed by atoms with Gasteiger partial charge in [-0.25, -0.2) is 12.8 Å². The van der Waals surface area contributed by atoms with Crippen molar-refractivity contribution < 1.29 is 17.9 Å². The number of aryl methyl sites for hydroxylation is 1. The van der Waals surface area contributed by atoms with Crippen LogP contribution in [0.4, 0.5) is 4.39 Å². The molecule has 1 saturated heterocycles. The molecule has 1 unspecified atom stereocenters. The highest BCUT2D eigenvalue weighted by Crippen LogP contribution is 2.26. The Hall–Kier alpha value is -0.980. The molecule has 1 aliphatic heterocycles. The van der Waals surface area contributed by atoms with Gasteiger partial charge in [0.15, 0.2) is 0 Å². The number of halogens is 1. The standard InChI is InChI=1S/C12H16FNO3S/c1-9-4-5-11(7-12(9)13)18(16,17)14-6-2-3-10(14)8-15/h4-5,7,10,15H,2-3,6,8H2,1H3. The van der Waals surface area contributed by atoms with Gasteiger partial charge in [0, 0.05) is 12.6 Å². The number of sulfonamides is 1. The van der Waals surface area contributed by atoms with Gasteiger partial charge in [-0.05, 0) is 37.5 Å². The summed E-state index contributed by atoms with van der Waals surface area (Å²) in [7, 11) is -3.71. The Morgan fingerprint density at radius 1 is 1.50 bits per heavy atom. The molecular weight excluding hydrogens is 257 g/mol. The Kier molecular flexibility index (Phi) is 3.70. The minimum Gasteiger partial charge on any atom is -0.395 e. The van der Waals surface area contributed by atoms with Gasteiger partial charge in [-0.15, -0.1) is 0 Å². The number of hydrogen-bond acceptors (Lipinski definition) is 3. The van der Waals surface area contributed by atoms with Crippen molar-refractivity contribution in [3.05, 3.63) is 29.6 Å². The Balaban J connectivity index is 2.38. The molecule has 0 aromatic heterocycles. The molecule has 1 N–H and O–H groups in total. The molecule has 1 fully saturated rings. The smallest absolute Gasteiger partial charge is 0.243 e. The zero-order valence-electron chi connectivity index (χ0n) is 10.1. The third-order valence-corrected chi connectivity index (χ3v) is 5.23. The third kappa shape index (κ3) is 2.28. The summed E-state index contributed by atoms with van der Waals surface area (Å²) in [6.45, 7) is 1.76. The van der Waals surface area contributed by atoms with E-state index in [0.717, 1.165) is 12.5 Å². The Morgan fingerprint density at radius 2 is 2.22 bits per heavy atom. The molecule has 1 atom stereocenters. The van der Waals surface area contributed by atoms with Crippen LogP contribution in [-0.4, -0.2) is 37.0 Å². The molecule has 100 valence electrons. The first kappa shape index (κ1) is 13.5. The fourth-order valence-corrected chi connectivity index (χ4v) is 3.87. The lowest BCUT2D eigenvalue weighted by Crippen LogP contribution is -2.37. The number of rotatable bonds is 3. The molecular formula is C12H16FNO3S. The second-order valence-corrected chi connectivity index (χ2v) is 6.40. The van der Waals surface area contributed by atoms with Crippen LogP contribution < -0.4 is 0 Å². The fourth-order valence-electron chi connectivity index (χ4n) is 2.18. The van der Waals surface area contributed by atoms with Crippen LogP contribution in [0, 0.1) is 12.7 Å². The van der Waals surface area contributed by atoms with Gasteiger partial charge in [0.1, 0.15) is 5.82 Å². The third-order valence-electron chi connectivity index (χ3n) is 3.28. The number of aliphatic hydroxyl groups excluding tert-OH is 1. The molecule has 4 nitrogen and oxygen atoms in total. The number of hydrogen-bond donors (Lipinski definition) is 1. The zero-order valence-corrected chi connectivity index (χ0v) is 11.0. The first-order chi connectivity index (χ1) is 8.46. The maximum absolute atomic E-state index is 13.4. The van der Waals surface area contributed by atoms with E-state index in [4.69, 9.17) is 5.11 Å². The van der Waals surface area contributed by atoms with Gasteiger partial charge >= 0.3 is 0 Å². The van der Waals surface area contributed by atoms with E-state index in [9.17, 15) is 12.8 Å². The van der Waals surface area contributed by atoms with Crippen molar-refractivity contribution in [2.45, 2.75) is 30.7 Å². The van der Waals surface area contributed by atoms with Crippen molar-refractivity contribution in [3.63, 3.8) is 0 Å². The largest absolute Gasteiger partial charge is 0.395 e. The van der Waals surface area contributed by atoms with E-state index < -0.39 is 15.8 Å². The normalized spacial score (nSPS) is 21.4. The maximum Gasteiger partial charge on any atom is 0.243 e. The van der Waals surface area contributed by atoms with Crippen molar-refractivity contribution in [2.75, 3.05) is 13.2 Å². The summed E-state index contributed by atoms with van der Waals surface area (Å²) in [6.07, 6.45) is 1.36. The Labute approximate surface area is 106 Å². The fraction of sp³-hybridized carbons (Fsp3) is 0.500. The van der Waals surface area contributed by atoms with Gasteiger partial charge < -0.3 is 5.11 Å². The second kappa shape index (κ2) is 4.95. The summed E-state index contributed by atoms with van der Waals surface area (Å²) in [4.78, 5) is -0.0500. The molecule has 0 bridgehead atoms. The first-order valence-corrected chi connectivity index (χ1v) is 7.29. The van der Waals surface area contributed by atoms with Crippen LogP contribution in [0.5, 0.6) is 0 Å². The molecule has 0 spiro atoms. The molecule has 0 saturated carbocycles. The van der Waals surface area contributed by atoms with Gasteiger partial charge in [-0.1, -0.05) is 6.07 Å². The predicted molar refractivity (Wildman–Crippen MR) is 65.1 cm³/mol. The average Bonchev–Trinajstić information content (AvgIpc) is 2.81. The highest BCUT2D eigenvalue weighted by Gasteiger charge is 2.34. The van der Waals surface area contributed by atoms with Gasteiger partial charge in [0.25, 0.3) is 0 Å². The lowest BCUT2D eigenvalue weighted by atomic mass is 10.2. The minimum absolute atomic E-state index is 0.0500. The first-order valence-electron chi connectivity index (χ1n) is 5.85. The van der Waals surface area contributed by atoms with Crippen LogP contribution in [0.3, 0.4) is 0 Å². The molecule has 1 aromatic rings. The number of nitrogens with zero attached hydrogens (tertiary/aromatic N) is 1. The number of benzene rings is 1. The van der Waals surface area contributed by atoms with Crippen LogP contribution in [0.15, 0.2) is 23.1 Å². The van der Waals surface area contributed by atoms with Crippen LogP contribution in [0.2, 0.25) is 0 Å². The molecule has 0 radical (unpaired) electrons.